The van der Waals surface area contributed by atoms with Crippen LogP contribution >= 0.6 is 34.8 Å². The average molecular weight is 486 g/mol. The van der Waals surface area contributed by atoms with Gasteiger partial charge in [-0.3, -0.25) is 0 Å². The molecule has 3 aromatic carbocycles. The Morgan fingerprint density at radius 1 is 0.750 bits per heavy atom. The Hall–Kier alpha value is -3.26. The topological polar surface area (TPSA) is 61.4 Å². The molecule has 0 atom stereocenters. The first-order chi connectivity index (χ1) is 15.5. The summed E-state index contributed by atoms with van der Waals surface area (Å²) >= 11 is 18.3. The van der Waals surface area contributed by atoms with Crippen molar-refractivity contribution in [3.8, 4) is 34.0 Å². The average Bonchev–Trinajstić information content (AvgIpc) is 3.44. The Balaban J connectivity index is 1.76. The summed E-state index contributed by atoms with van der Waals surface area (Å²) in [5.41, 5.74) is 2.62. The van der Waals surface area contributed by atoms with Crippen LogP contribution in [-0.2, 0) is 0 Å². The maximum atomic E-state index is 14.9. The summed E-state index contributed by atoms with van der Waals surface area (Å²) in [6, 6.07) is 18.5. The smallest absolute Gasteiger partial charge is 0.190 e. The lowest BCUT2D eigenvalue weighted by Gasteiger charge is -2.12. The molecule has 0 saturated carbocycles. The number of tetrazole rings is 1. The second-order valence-corrected chi connectivity index (χ2v) is 8.04. The summed E-state index contributed by atoms with van der Waals surface area (Å²) in [4.78, 5) is 0. The molecule has 0 aliphatic carbocycles. The van der Waals surface area contributed by atoms with Crippen molar-refractivity contribution in [1.82, 2.24) is 30.0 Å². The molecule has 0 amide bonds. The molecule has 5 aromatic rings. The molecule has 0 radical (unpaired) electrons. The van der Waals surface area contributed by atoms with E-state index in [9.17, 15) is 4.39 Å². The number of aromatic nitrogens is 6. The fourth-order valence-corrected chi connectivity index (χ4v) is 3.77. The molecule has 6 nitrogen and oxygen atoms in total. The zero-order chi connectivity index (χ0) is 22.2. The van der Waals surface area contributed by atoms with Gasteiger partial charge >= 0.3 is 0 Å². The first-order valence-electron chi connectivity index (χ1n) is 9.36. The highest BCUT2D eigenvalue weighted by atomic mass is 35.5. The summed E-state index contributed by atoms with van der Waals surface area (Å²) in [7, 11) is 0. The summed E-state index contributed by atoms with van der Waals surface area (Å²) in [6.07, 6.45) is 1.59. The van der Waals surface area contributed by atoms with Gasteiger partial charge in [0.25, 0.3) is 0 Å². The first-order valence-corrected chi connectivity index (χ1v) is 10.5. The van der Waals surface area contributed by atoms with Crippen LogP contribution in [0, 0.1) is 5.82 Å². The molecule has 2 heterocycles. The molecule has 0 saturated heterocycles. The van der Waals surface area contributed by atoms with Crippen LogP contribution in [0.15, 0.2) is 72.9 Å². The SMILES string of the molecule is Fc1ccccc1-c1c(-c2nnnn2-c2ccc(Cl)cc2)cnn1-c1ccc(Cl)c(Cl)c1. The molecule has 0 bridgehead atoms. The van der Waals surface area contributed by atoms with Gasteiger partial charge in [0.2, 0.25) is 0 Å². The largest absolute Gasteiger partial charge is 0.232 e. The molecule has 10 heteroatoms. The molecule has 0 aliphatic rings. The molecular weight excluding hydrogens is 474 g/mol. The van der Waals surface area contributed by atoms with E-state index in [4.69, 9.17) is 34.8 Å². The lowest BCUT2D eigenvalue weighted by atomic mass is 10.1. The fraction of sp³-hybridized carbons (Fsp3) is 0. The maximum Gasteiger partial charge on any atom is 0.190 e. The van der Waals surface area contributed by atoms with Gasteiger partial charge in [-0.2, -0.15) is 9.78 Å². The Labute approximate surface area is 196 Å². The molecule has 0 N–H and O–H groups in total. The monoisotopic (exact) mass is 484 g/mol. The van der Waals surface area contributed by atoms with Gasteiger partial charge < -0.3 is 0 Å². The highest BCUT2D eigenvalue weighted by Crippen LogP contribution is 2.36. The third-order valence-electron chi connectivity index (χ3n) is 4.83. The first kappa shape index (κ1) is 20.6. The fourth-order valence-electron chi connectivity index (χ4n) is 3.35. The number of hydrogen-bond acceptors (Lipinski definition) is 4. The van der Waals surface area contributed by atoms with Crippen LogP contribution in [0.25, 0.3) is 34.0 Å². The van der Waals surface area contributed by atoms with Crippen molar-refractivity contribution in [2.75, 3.05) is 0 Å². The van der Waals surface area contributed by atoms with E-state index < -0.39 is 5.82 Å². The van der Waals surface area contributed by atoms with Crippen molar-refractivity contribution in [3.63, 3.8) is 0 Å². The zero-order valence-electron chi connectivity index (χ0n) is 16.1. The Morgan fingerprint density at radius 3 is 2.25 bits per heavy atom. The normalized spacial score (nSPS) is 11.1. The quantitative estimate of drug-likeness (QED) is 0.300. The minimum Gasteiger partial charge on any atom is -0.232 e. The van der Waals surface area contributed by atoms with Gasteiger partial charge in [-0.1, -0.05) is 46.9 Å². The van der Waals surface area contributed by atoms with E-state index in [1.54, 1.807) is 71.5 Å². The van der Waals surface area contributed by atoms with Gasteiger partial charge in [0.05, 0.1) is 38.9 Å². The summed E-state index contributed by atoms with van der Waals surface area (Å²) < 4.78 is 18.0. The highest BCUT2D eigenvalue weighted by molar-refractivity contribution is 6.42. The van der Waals surface area contributed by atoms with E-state index in [1.807, 2.05) is 0 Å². The van der Waals surface area contributed by atoms with Crippen LogP contribution in [0.2, 0.25) is 15.1 Å². The van der Waals surface area contributed by atoms with E-state index in [0.717, 1.165) is 0 Å². The van der Waals surface area contributed by atoms with Gasteiger partial charge in [-0.25, -0.2) is 9.07 Å². The molecule has 0 spiro atoms. The predicted octanol–water partition coefficient (Wildman–Crippen LogP) is 6.28. The number of rotatable bonds is 4. The highest BCUT2D eigenvalue weighted by Gasteiger charge is 2.23. The second-order valence-electron chi connectivity index (χ2n) is 6.79. The Bertz CT molecular complexity index is 1430. The van der Waals surface area contributed by atoms with E-state index in [1.165, 1.54) is 10.7 Å². The van der Waals surface area contributed by atoms with Gasteiger partial charge in [-0.15, -0.1) is 5.10 Å². The van der Waals surface area contributed by atoms with Crippen LogP contribution in [0.5, 0.6) is 0 Å². The summed E-state index contributed by atoms with van der Waals surface area (Å²) in [6.45, 7) is 0. The van der Waals surface area contributed by atoms with Crippen molar-refractivity contribution >= 4 is 34.8 Å². The standard InChI is InChI=1S/C22H12Cl3FN6/c23-13-5-7-14(8-6-13)32-22(28-29-30-32)17-12-27-31(15-9-10-18(24)19(25)11-15)21(17)16-3-1-2-4-20(16)26/h1-12H. The van der Waals surface area contributed by atoms with E-state index in [0.29, 0.717) is 49.1 Å². The number of hydrogen-bond donors (Lipinski definition) is 0. The molecule has 32 heavy (non-hydrogen) atoms. The van der Waals surface area contributed by atoms with Crippen molar-refractivity contribution < 1.29 is 4.39 Å². The van der Waals surface area contributed by atoms with Crippen molar-refractivity contribution in [3.05, 3.63) is 93.8 Å². The molecule has 2 aromatic heterocycles. The van der Waals surface area contributed by atoms with Gasteiger partial charge in [-0.05, 0) is 65.0 Å². The Kier molecular flexibility index (Phi) is 5.38. The minimum absolute atomic E-state index is 0.330. The van der Waals surface area contributed by atoms with Crippen LogP contribution < -0.4 is 0 Å². The third-order valence-corrected chi connectivity index (χ3v) is 5.82. The zero-order valence-corrected chi connectivity index (χ0v) is 18.4. The number of nitrogens with zero attached hydrogens (tertiary/aromatic N) is 6. The van der Waals surface area contributed by atoms with Gasteiger partial charge in [0, 0.05) is 10.6 Å². The third kappa shape index (κ3) is 3.64. The van der Waals surface area contributed by atoms with Gasteiger partial charge in [0.15, 0.2) is 5.82 Å². The van der Waals surface area contributed by atoms with E-state index in [-0.39, 0.29) is 0 Å². The molecule has 0 unspecified atom stereocenters. The van der Waals surface area contributed by atoms with E-state index in [2.05, 4.69) is 20.6 Å². The van der Waals surface area contributed by atoms with Gasteiger partial charge in [0.1, 0.15) is 5.82 Å². The molecule has 0 aliphatic heterocycles. The predicted molar refractivity (Wildman–Crippen MR) is 122 cm³/mol. The lowest BCUT2D eigenvalue weighted by Crippen LogP contribution is -2.03. The van der Waals surface area contributed by atoms with Crippen LogP contribution in [0.1, 0.15) is 0 Å². The summed E-state index contributed by atoms with van der Waals surface area (Å²) in [5.74, 6) is -0.0297. The van der Waals surface area contributed by atoms with Crippen LogP contribution in [-0.4, -0.2) is 30.0 Å². The molecule has 158 valence electrons. The van der Waals surface area contributed by atoms with Crippen molar-refractivity contribution in [2.45, 2.75) is 0 Å². The van der Waals surface area contributed by atoms with Crippen molar-refractivity contribution in [2.24, 2.45) is 0 Å². The number of benzene rings is 3. The van der Waals surface area contributed by atoms with Crippen molar-refractivity contribution in [1.29, 1.82) is 0 Å². The van der Waals surface area contributed by atoms with Crippen LogP contribution in [0.4, 0.5) is 4.39 Å². The van der Waals surface area contributed by atoms with E-state index >= 15 is 0 Å². The minimum atomic E-state index is -0.416. The second kappa shape index (κ2) is 8.35. The molecule has 5 rings (SSSR count). The maximum absolute atomic E-state index is 14.9. The summed E-state index contributed by atoms with van der Waals surface area (Å²) in [5, 5.41) is 18.0. The number of halogens is 4. The van der Waals surface area contributed by atoms with Crippen LogP contribution in [0.3, 0.4) is 0 Å². The lowest BCUT2D eigenvalue weighted by molar-refractivity contribution is 0.629. The molecule has 0 fully saturated rings. The Morgan fingerprint density at radius 2 is 1.50 bits per heavy atom. The molecular formula is C22H12Cl3FN6.